The summed E-state index contributed by atoms with van der Waals surface area (Å²) in [5.74, 6) is -0.450. The quantitative estimate of drug-likeness (QED) is 0.352. The van der Waals surface area contributed by atoms with E-state index in [4.69, 9.17) is 18.0 Å². The Bertz CT molecular complexity index is 193. The molecule has 87 valence electrons. The maximum atomic E-state index is 10.9. The molecule has 1 unspecified atom stereocenters. The molecular weight excluding hydrogens is 216 g/mol. The van der Waals surface area contributed by atoms with Crippen molar-refractivity contribution in [1.29, 1.82) is 0 Å². The molecule has 0 aromatic carbocycles. The Morgan fingerprint density at radius 3 is 2.47 bits per heavy atom. The summed E-state index contributed by atoms with van der Waals surface area (Å²) in [6, 6.07) is 0. The van der Waals surface area contributed by atoms with Gasteiger partial charge in [0.25, 0.3) is 0 Å². The monoisotopic (exact) mass is 233 g/mol. The molecule has 0 spiro atoms. The first kappa shape index (κ1) is 14.3. The molecule has 1 atom stereocenters. The second kappa shape index (κ2) is 8.60. The zero-order valence-corrected chi connectivity index (χ0v) is 10.3. The van der Waals surface area contributed by atoms with Crippen molar-refractivity contribution in [1.82, 2.24) is 0 Å². The van der Waals surface area contributed by atoms with E-state index in [2.05, 4.69) is 6.58 Å². The normalized spacial score (nSPS) is 12.5. The van der Waals surface area contributed by atoms with E-state index >= 15 is 0 Å². The van der Waals surface area contributed by atoms with Gasteiger partial charge in [-0.2, -0.15) is 0 Å². The van der Waals surface area contributed by atoms with Crippen LogP contribution in [-0.4, -0.2) is 42.4 Å². The smallest absolute Gasteiger partial charge is 0.457 e. The van der Waals surface area contributed by atoms with Crippen molar-refractivity contribution in [2.24, 2.45) is 0 Å². The molecule has 0 rings (SSSR count). The van der Waals surface area contributed by atoms with E-state index in [1.54, 1.807) is 0 Å². The molecule has 0 fully saturated rings. The second-order valence-electron chi connectivity index (χ2n) is 2.64. The highest BCUT2D eigenvalue weighted by Gasteiger charge is 2.19. The molecule has 0 aliphatic carbocycles. The van der Waals surface area contributed by atoms with Gasteiger partial charge in [0.1, 0.15) is 6.10 Å². The third-order valence-electron chi connectivity index (χ3n) is 1.63. The standard InChI is InChI=1S/C9H17O5Si/c1-5-8(14-9(10)6-2)7-13-15(11-3)12-4/h6,8H,2,5,7H2,1,3-4H3. The van der Waals surface area contributed by atoms with E-state index in [1.165, 1.54) is 14.2 Å². The maximum Gasteiger partial charge on any atom is 0.577 e. The summed E-state index contributed by atoms with van der Waals surface area (Å²) in [5.41, 5.74) is 0. The van der Waals surface area contributed by atoms with Crippen molar-refractivity contribution < 1.29 is 22.8 Å². The first-order chi connectivity index (χ1) is 7.17. The van der Waals surface area contributed by atoms with E-state index in [-0.39, 0.29) is 12.7 Å². The van der Waals surface area contributed by atoms with Gasteiger partial charge in [-0.25, -0.2) is 4.79 Å². The van der Waals surface area contributed by atoms with E-state index in [1.807, 2.05) is 6.92 Å². The van der Waals surface area contributed by atoms with Crippen LogP contribution in [0.2, 0.25) is 0 Å². The average molecular weight is 233 g/mol. The predicted octanol–water partition coefficient (Wildman–Crippen LogP) is 0.788. The van der Waals surface area contributed by atoms with Crippen molar-refractivity contribution in [2.45, 2.75) is 19.4 Å². The summed E-state index contributed by atoms with van der Waals surface area (Å²) in [7, 11) is 1.33. The van der Waals surface area contributed by atoms with Gasteiger partial charge in [0.15, 0.2) is 0 Å². The van der Waals surface area contributed by atoms with E-state index in [0.29, 0.717) is 6.42 Å². The van der Waals surface area contributed by atoms with Crippen molar-refractivity contribution in [3.63, 3.8) is 0 Å². The molecule has 0 heterocycles. The second-order valence-corrected chi connectivity index (χ2v) is 4.25. The number of carbonyl (C=O) groups is 1. The Kier molecular flexibility index (Phi) is 8.20. The summed E-state index contributed by atoms with van der Waals surface area (Å²) >= 11 is 0. The fraction of sp³-hybridized carbons (Fsp3) is 0.667. The first-order valence-corrected chi connectivity index (χ1v) is 5.81. The van der Waals surface area contributed by atoms with Crippen LogP contribution in [0.1, 0.15) is 13.3 Å². The van der Waals surface area contributed by atoms with Crippen LogP contribution in [-0.2, 0) is 22.8 Å². The molecule has 5 nitrogen and oxygen atoms in total. The van der Waals surface area contributed by atoms with Gasteiger partial charge in [0, 0.05) is 20.3 Å². The Hall–Kier alpha value is -0.693. The topological polar surface area (TPSA) is 54.0 Å². The molecule has 0 saturated carbocycles. The molecule has 0 N–H and O–H groups in total. The lowest BCUT2D eigenvalue weighted by atomic mass is 10.3. The summed E-state index contributed by atoms with van der Waals surface area (Å²) in [6.45, 7) is 5.49. The van der Waals surface area contributed by atoms with Gasteiger partial charge in [-0.05, 0) is 6.42 Å². The van der Waals surface area contributed by atoms with Crippen molar-refractivity contribution in [3.05, 3.63) is 12.7 Å². The van der Waals surface area contributed by atoms with Gasteiger partial charge in [-0.1, -0.05) is 13.5 Å². The lowest BCUT2D eigenvalue weighted by Gasteiger charge is -2.17. The molecule has 0 amide bonds. The Labute approximate surface area is 91.9 Å². The Morgan fingerprint density at radius 2 is 2.07 bits per heavy atom. The van der Waals surface area contributed by atoms with Crippen molar-refractivity contribution in [3.8, 4) is 0 Å². The van der Waals surface area contributed by atoms with Gasteiger partial charge in [0.2, 0.25) is 0 Å². The van der Waals surface area contributed by atoms with Crippen LogP contribution in [0, 0.1) is 0 Å². The fourth-order valence-corrected chi connectivity index (χ4v) is 1.53. The molecule has 0 aliphatic heterocycles. The molecule has 6 heteroatoms. The fourth-order valence-electron chi connectivity index (χ4n) is 0.810. The number of hydrogen-bond donors (Lipinski definition) is 0. The molecule has 0 aromatic heterocycles. The SMILES string of the molecule is C=CC(=O)OC(CC)CO[Si](OC)OC. The lowest BCUT2D eigenvalue weighted by Crippen LogP contribution is -2.30. The Balaban J connectivity index is 3.88. The number of hydrogen-bond acceptors (Lipinski definition) is 5. The van der Waals surface area contributed by atoms with Crippen LogP contribution in [0.3, 0.4) is 0 Å². The van der Waals surface area contributed by atoms with Crippen LogP contribution >= 0.6 is 0 Å². The average Bonchev–Trinajstić information content (AvgIpc) is 2.28. The molecule has 0 aromatic rings. The molecular formula is C9H17O5Si. The number of esters is 1. The minimum atomic E-state index is -1.69. The molecule has 0 aliphatic rings. The lowest BCUT2D eigenvalue weighted by molar-refractivity contribution is -0.145. The van der Waals surface area contributed by atoms with Crippen LogP contribution in [0.25, 0.3) is 0 Å². The molecule has 0 saturated heterocycles. The van der Waals surface area contributed by atoms with Crippen LogP contribution < -0.4 is 0 Å². The summed E-state index contributed by atoms with van der Waals surface area (Å²) < 4.78 is 20.1. The Morgan fingerprint density at radius 1 is 1.47 bits per heavy atom. The summed E-state index contributed by atoms with van der Waals surface area (Å²) in [6.07, 6.45) is 1.50. The molecule has 1 radical (unpaired) electrons. The summed E-state index contributed by atoms with van der Waals surface area (Å²) in [5, 5.41) is 0. The van der Waals surface area contributed by atoms with E-state index in [0.717, 1.165) is 6.08 Å². The maximum absolute atomic E-state index is 10.9. The third-order valence-corrected chi connectivity index (χ3v) is 2.69. The number of ether oxygens (including phenoxy) is 1. The number of carbonyl (C=O) groups excluding carboxylic acids is 1. The van der Waals surface area contributed by atoms with Gasteiger partial charge in [0.05, 0.1) is 6.61 Å². The van der Waals surface area contributed by atoms with Crippen LogP contribution in [0.5, 0.6) is 0 Å². The highest BCUT2D eigenvalue weighted by Crippen LogP contribution is 2.01. The molecule has 0 bridgehead atoms. The van der Waals surface area contributed by atoms with Crippen LogP contribution in [0.15, 0.2) is 12.7 Å². The van der Waals surface area contributed by atoms with E-state index < -0.39 is 15.5 Å². The van der Waals surface area contributed by atoms with Gasteiger partial charge >= 0.3 is 15.5 Å². The zero-order chi connectivity index (χ0) is 11.7. The molecule has 15 heavy (non-hydrogen) atoms. The van der Waals surface area contributed by atoms with Gasteiger partial charge < -0.3 is 18.0 Å². The largest absolute Gasteiger partial charge is 0.577 e. The van der Waals surface area contributed by atoms with Crippen LogP contribution in [0.4, 0.5) is 0 Å². The third kappa shape index (κ3) is 6.40. The summed E-state index contributed by atoms with van der Waals surface area (Å²) in [4.78, 5) is 10.9. The highest BCUT2D eigenvalue weighted by atomic mass is 28.3. The van der Waals surface area contributed by atoms with Gasteiger partial charge in [-0.15, -0.1) is 0 Å². The van der Waals surface area contributed by atoms with Crippen molar-refractivity contribution in [2.75, 3.05) is 20.8 Å². The predicted molar refractivity (Wildman–Crippen MR) is 56.1 cm³/mol. The first-order valence-electron chi connectivity index (χ1n) is 4.58. The number of rotatable bonds is 8. The minimum Gasteiger partial charge on any atom is -0.457 e. The highest BCUT2D eigenvalue weighted by molar-refractivity contribution is 6.36. The van der Waals surface area contributed by atoms with Crippen molar-refractivity contribution >= 4 is 15.5 Å². The minimum absolute atomic E-state index is 0.270. The zero-order valence-electron chi connectivity index (χ0n) is 9.32. The van der Waals surface area contributed by atoms with Gasteiger partial charge in [-0.3, -0.25) is 0 Å². The van der Waals surface area contributed by atoms with E-state index in [9.17, 15) is 4.79 Å².